The van der Waals surface area contributed by atoms with Gasteiger partial charge in [-0.3, -0.25) is 9.69 Å². The predicted octanol–water partition coefficient (Wildman–Crippen LogP) is 4.61. The number of halogens is 3. The van der Waals surface area contributed by atoms with Crippen molar-refractivity contribution in [2.75, 3.05) is 26.2 Å². The van der Waals surface area contributed by atoms with Gasteiger partial charge in [-0.15, -0.1) is 24.8 Å². The zero-order valence-corrected chi connectivity index (χ0v) is 20.7. The zero-order valence-electron chi connectivity index (χ0n) is 19.0. The standard InChI is InChI=1S/C26H34FN3O.2ClH/c27-24-11-9-20(10-12-24)13-14-28-26(31)8-4-7-25-23-15-22(16-29-25)18-30(19-23)17-21-5-2-1-3-6-21;;/h1-3,5-6,9-12,22-23,25,29H,4,7-8,13-19H2,(H,28,31);2*1H/t22?,23?,25-;;/m1../s1. The van der Waals surface area contributed by atoms with Crippen molar-refractivity contribution in [2.45, 2.75) is 44.7 Å². The van der Waals surface area contributed by atoms with E-state index in [1.54, 1.807) is 12.1 Å². The van der Waals surface area contributed by atoms with Crippen LogP contribution in [0.2, 0.25) is 0 Å². The van der Waals surface area contributed by atoms with Crippen molar-refractivity contribution >= 4 is 30.7 Å². The van der Waals surface area contributed by atoms with Gasteiger partial charge in [0.15, 0.2) is 0 Å². The van der Waals surface area contributed by atoms with Gasteiger partial charge in [0.25, 0.3) is 0 Å². The maximum Gasteiger partial charge on any atom is 0.220 e. The van der Waals surface area contributed by atoms with Crippen LogP contribution in [0.25, 0.3) is 0 Å². The van der Waals surface area contributed by atoms with Gasteiger partial charge in [-0.2, -0.15) is 0 Å². The normalized spacial score (nSPS) is 22.0. The smallest absolute Gasteiger partial charge is 0.220 e. The van der Waals surface area contributed by atoms with E-state index in [9.17, 15) is 9.18 Å². The maximum atomic E-state index is 13.0. The molecule has 0 aromatic heterocycles. The molecule has 4 rings (SSSR count). The van der Waals surface area contributed by atoms with E-state index in [0.29, 0.717) is 24.9 Å². The Kier molecular flexibility index (Phi) is 11.6. The van der Waals surface area contributed by atoms with E-state index in [1.165, 1.54) is 30.7 Å². The van der Waals surface area contributed by atoms with Crippen molar-refractivity contribution in [1.82, 2.24) is 15.5 Å². The lowest BCUT2D eigenvalue weighted by Gasteiger charge is -2.46. The van der Waals surface area contributed by atoms with Crippen molar-refractivity contribution in [1.29, 1.82) is 0 Å². The average molecular weight is 496 g/mol. The van der Waals surface area contributed by atoms with Crippen LogP contribution in [0.15, 0.2) is 54.6 Å². The van der Waals surface area contributed by atoms with Crippen LogP contribution in [-0.2, 0) is 17.8 Å². The molecule has 0 aliphatic carbocycles. The maximum absolute atomic E-state index is 13.0. The summed E-state index contributed by atoms with van der Waals surface area (Å²) in [4.78, 5) is 14.8. The van der Waals surface area contributed by atoms with E-state index in [-0.39, 0.29) is 36.5 Å². The van der Waals surface area contributed by atoms with Gasteiger partial charge in [0, 0.05) is 38.6 Å². The van der Waals surface area contributed by atoms with Crippen molar-refractivity contribution < 1.29 is 9.18 Å². The molecule has 1 amide bonds. The SMILES string of the molecule is Cl.Cl.O=C(CCC[C@H]1NCC2CC1CN(Cc1ccccc1)C2)NCCc1ccc(F)cc1. The van der Waals surface area contributed by atoms with E-state index in [4.69, 9.17) is 0 Å². The third-order valence-electron chi connectivity index (χ3n) is 6.70. The second-order valence-electron chi connectivity index (χ2n) is 9.17. The second-order valence-corrected chi connectivity index (χ2v) is 9.17. The predicted molar refractivity (Wildman–Crippen MR) is 137 cm³/mol. The summed E-state index contributed by atoms with van der Waals surface area (Å²) in [5.74, 6) is 1.31. The molecule has 0 saturated carbocycles. The third kappa shape index (κ3) is 8.56. The molecule has 33 heavy (non-hydrogen) atoms. The highest BCUT2D eigenvalue weighted by Crippen LogP contribution is 2.31. The number of hydrogen-bond donors (Lipinski definition) is 2. The lowest BCUT2D eigenvalue weighted by Crippen LogP contribution is -2.55. The van der Waals surface area contributed by atoms with Crippen molar-refractivity contribution in [2.24, 2.45) is 11.8 Å². The number of benzene rings is 2. The second kappa shape index (κ2) is 13.9. The number of carbonyl (C=O) groups is 1. The Balaban J connectivity index is 0.00000193. The molecule has 2 aliphatic rings. The molecule has 4 nitrogen and oxygen atoms in total. The third-order valence-corrected chi connectivity index (χ3v) is 6.70. The number of likely N-dealkylation sites (tertiary alicyclic amines) is 1. The Morgan fingerprint density at radius 1 is 1.03 bits per heavy atom. The molecule has 2 N–H and O–H groups in total. The van der Waals surface area contributed by atoms with Gasteiger partial charge in [0.2, 0.25) is 5.91 Å². The summed E-state index contributed by atoms with van der Waals surface area (Å²) in [6.45, 7) is 5.06. The van der Waals surface area contributed by atoms with Gasteiger partial charge in [0.05, 0.1) is 0 Å². The lowest BCUT2D eigenvalue weighted by molar-refractivity contribution is -0.121. The van der Waals surface area contributed by atoms with Crippen LogP contribution in [-0.4, -0.2) is 43.0 Å². The van der Waals surface area contributed by atoms with E-state index < -0.39 is 0 Å². The molecule has 2 bridgehead atoms. The molecule has 2 aromatic rings. The molecular weight excluding hydrogens is 460 g/mol. The highest BCUT2D eigenvalue weighted by atomic mass is 35.5. The van der Waals surface area contributed by atoms with Crippen LogP contribution in [0.3, 0.4) is 0 Å². The summed E-state index contributed by atoms with van der Waals surface area (Å²) >= 11 is 0. The molecule has 2 saturated heterocycles. The molecule has 7 heteroatoms. The van der Waals surface area contributed by atoms with Crippen LogP contribution in [0.5, 0.6) is 0 Å². The number of rotatable bonds is 9. The molecular formula is C26H36Cl2FN3O. The molecule has 182 valence electrons. The fourth-order valence-electron chi connectivity index (χ4n) is 5.15. The Morgan fingerprint density at radius 3 is 2.55 bits per heavy atom. The highest BCUT2D eigenvalue weighted by molar-refractivity contribution is 5.85. The van der Waals surface area contributed by atoms with Gasteiger partial charge in [-0.05, 0) is 67.3 Å². The van der Waals surface area contributed by atoms with Gasteiger partial charge in [0.1, 0.15) is 5.82 Å². The van der Waals surface area contributed by atoms with Crippen LogP contribution < -0.4 is 10.6 Å². The molecule has 2 fully saturated rings. The van der Waals surface area contributed by atoms with Crippen molar-refractivity contribution in [3.8, 4) is 0 Å². The Morgan fingerprint density at radius 2 is 1.79 bits per heavy atom. The van der Waals surface area contributed by atoms with E-state index in [1.807, 2.05) is 0 Å². The topological polar surface area (TPSA) is 44.4 Å². The molecule has 2 aliphatic heterocycles. The first kappa shape index (κ1) is 27.6. The monoisotopic (exact) mass is 495 g/mol. The number of nitrogens with one attached hydrogen (secondary N) is 2. The minimum Gasteiger partial charge on any atom is -0.356 e. The zero-order chi connectivity index (χ0) is 21.5. The first-order valence-corrected chi connectivity index (χ1v) is 11.7. The highest BCUT2D eigenvalue weighted by Gasteiger charge is 2.35. The van der Waals surface area contributed by atoms with E-state index in [2.05, 4.69) is 45.9 Å². The minimum absolute atomic E-state index is 0. The summed E-state index contributed by atoms with van der Waals surface area (Å²) in [6.07, 6.45) is 4.59. The molecule has 0 spiro atoms. The number of carbonyl (C=O) groups excluding carboxylic acids is 1. The van der Waals surface area contributed by atoms with Gasteiger partial charge < -0.3 is 10.6 Å². The summed E-state index contributed by atoms with van der Waals surface area (Å²) in [7, 11) is 0. The largest absolute Gasteiger partial charge is 0.356 e. The minimum atomic E-state index is -0.225. The number of nitrogens with zero attached hydrogens (tertiary/aromatic N) is 1. The molecule has 0 radical (unpaired) electrons. The Labute approximate surface area is 209 Å². The van der Waals surface area contributed by atoms with Crippen LogP contribution >= 0.6 is 24.8 Å². The summed E-state index contributed by atoms with van der Waals surface area (Å²) in [5, 5.41) is 6.76. The first-order valence-electron chi connectivity index (χ1n) is 11.7. The summed E-state index contributed by atoms with van der Waals surface area (Å²) < 4.78 is 13.0. The number of fused-ring (bicyclic) bond motifs is 2. The quantitative estimate of drug-likeness (QED) is 0.533. The van der Waals surface area contributed by atoms with Crippen molar-refractivity contribution in [3.05, 3.63) is 71.5 Å². The van der Waals surface area contributed by atoms with Gasteiger partial charge in [-0.25, -0.2) is 4.39 Å². The Bertz CT molecular complexity index is 837. The molecule has 2 heterocycles. The molecule has 3 atom stereocenters. The average Bonchev–Trinajstić information content (AvgIpc) is 2.77. The van der Waals surface area contributed by atoms with E-state index in [0.717, 1.165) is 50.4 Å². The summed E-state index contributed by atoms with van der Waals surface area (Å²) in [6, 6.07) is 17.7. The fourth-order valence-corrected chi connectivity index (χ4v) is 5.15. The number of hydrogen-bond acceptors (Lipinski definition) is 3. The van der Waals surface area contributed by atoms with Crippen LogP contribution in [0.1, 0.15) is 36.8 Å². The fraction of sp³-hybridized carbons (Fsp3) is 0.500. The number of piperidine rings is 2. The van der Waals surface area contributed by atoms with Gasteiger partial charge in [-0.1, -0.05) is 42.5 Å². The van der Waals surface area contributed by atoms with Gasteiger partial charge >= 0.3 is 0 Å². The molecule has 2 aromatic carbocycles. The first-order chi connectivity index (χ1) is 15.2. The molecule has 2 unspecified atom stereocenters. The Hall–Kier alpha value is -1.66. The lowest BCUT2D eigenvalue weighted by atomic mass is 9.79. The van der Waals surface area contributed by atoms with Crippen LogP contribution in [0.4, 0.5) is 4.39 Å². The summed E-state index contributed by atoms with van der Waals surface area (Å²) in [5.41, 5.74) is 2.43. The van der Waals surface area contributed by atoms with Crippen molar-refractivity contribution in [3.63, 3.8) is 0 Å². The van der Waals surface area contributed by atoms with Crippen LogP contribution in [0, 0.1) is 17.7 Å². The van der Waals surface area contributed by atoms with E-state index >= 15 is 0 Å². The number of amides is 1.